The molecule has 0 amide bonds. The summed E-state index contributed by atoms with van der Waals surface area (Å²) in [6, 6.07) is 0. The molecule has 0 aliphatic carbocycles. The quantitative estimate of drug-likeness (QED) is 0.189. The number of hydrogen-bond donors (Lipinski definition) is 0. The van der Waals surface area contributed by atoms with Crippen LogP contribution < -0.4 is 0 Å². The molecule has 27 heteroatoms. The summed E-state index contributed by atoms with van der Waals surface area (Å²) in [6.07, 6.45) is -34.5. The molecule has 0 nitrogen and oxygen atoms in total. The second kappa shape index (κ2) is 8.56. The van der Waals surface area contributed by atoms with Gasteiger partial charge in [-0.1, -0.05) is 0 Å². The first-order valence-electron chi connectivity index (χ1n) is 7.66. The zero-order valence-corrected chi connectivity index (χ0v) is 16.8. The Morgan fingerprint density at radius 2 is 0.447 bits per heavy atom. The van der Waals surface area contributed by atoms with Gasteiger partial charge in [0.1, 0.15) is 0 Å². The van der Waals surface area contributed by atoms with Crippen molar-refractivity contribution in [3.05, 3.63) is 0 Å². The molecule has 0 aromatic carbocycles. The Bertz CT molecular complexity index is 762. The van der Waals surface area contributed by atoms with Crippen molar-refractivity contribution in [2.75, 3.05) is 0 Å². The fourth-order valence-electron chi connectivity index (χ4n) is 2.25. The van der Waals surface area contributed by atoms with E-state index in [1.807, 2.05) is 0 Å². The van der Waals surface area contributed by atoms with Crippen molar-refractivity contribution < 1.29 is 114 Å². The van der Waals surface area contributed by atoms with E-state index >= 15 is 0 Å². The molecule has 0 bridgehead atoms. The van der Waals surface area contributed by atoms with Crippen LogP contribution in [0.15, 0.2) is 0 Å². The second-order valence-electron chi connectivity index (χ2n) is 6.75. The van der Waals surface area contributed by atoms with E-state index in [-0.39, 0.29) is 0 Å². The maximum absolute atomic E-state index is 13.5. The van der Waals surface area contributed by atoms with Gasteiger partial charge in [0.05, 0.1) is 0 Å². The fraction of sp³-hybridized carbons (Fsp3) is 1.00. The molecule has 0 radical (unpaired) electrons. The van der Waals surface area contributed by atoms with Crippen LogP contribution in [-0.2, 0) is 0 Å². The van der Waals surface area contributed by atoms with Crippen LogP contribution in [0.3, 0.4) is 0 Å². The molecule has 0 atom stereocenters. The molecule has 0 saturated carbocycles. The third-order valence-electron chi connectivity index (χ3n) is 4.40. The summed E-state index contributed by atoms with van der Waals surface area (Å²) < 4.78 is 335. The number of rotatable bonds is 7. The normalized spacial score (nSPS) is 17.6. The van der Waals surface area contributed by atoms with E-state index in [2.05, 4.69) is 0 Å². The van der Waals surface area contributed by atoms with E-state index < -0.39 is 73.0 Å². The third kappa shape index (κ3) is 4.10. The number of hydrogen-bond acceptors (Lipinski definition) is 0. The van der Waals surface area contributed by atoms with Crippen LogP contribution >= 0.6 is 7.88 Å². The summed E-state index contributed by atoms with van der Waals surface area (Å²) in [5.74, 6) is -28.6. The summed E-state index contributed by atoms with van der Waals surface area (Å²) >= 11 is 0. The van der Waals surface area contributed by atoms with Crippen LogP contribution in [0.25, 0.3) is 0 Å². The minimum absolute atomic E-state index is 8.62. The van der Waals surface area contributed by atoms with Gasteiger partial charge in [-0.3, -0.25) is 0 Å². The molecule has 0 saturated heterocycles. The summed E-state index contributed by atoms with van der Waals surface area (Å²) in [7, 11) is -11.8. The van der Waals surface area contributed by atoms with Gasteiger partial charge in [-0.15, -0.1) is 0 Å². The van der Waals surface area contributed by atoms with Gasteiger partial charge in [-0.2, -0.15) is 0 Å². The number of alkyl halides is 24. The Morgan fingerprint density at radius 3 is 0.658 bits per heavy atom. The molecule has 0 spiro atoms. The first-order valence-corrected chi connectivity index (χ1v) is 9.42. The van der Waals surface area contributed by atoms with Crippen molar-refractivity contribution >= 4 is 7.88 Å². The van der Waals surface area contributed by atoms with Gasteiger partial charge in [-0.25, -0.2) is 0 Å². The van der Waals surface area contributed by atoms with Gasteiger partial charge < -0.3 is 0 Å². The molecule has 0 heterocycles. The van der Waals surface area contributed by atoms with Gasteiger partial charge in [0, 0.05) is 0 Å². The van der Waals surface area contributed by atoms with Crippen molar-refractivity contribution in [1.82, 2.24) is 0 Å². The van der Waals surface area contributed by atoms with E-state index in [1.54, 1.807) is 0 Å². The Hall–Kier alpha value is -1.39. The maximum atomic E-state index is 13.5. The predicted octanol–water partition coefficient (Wildman–Crippen LogP) is 9.26. The molecule has 0 aromatic heterocycles. The SMILES string of the molecule is FC(F)(F)C(F)(C(F)(F)F)C(F)(F)C(F)(F)C(F)(F)[PH](F)(F)C(F)(F)C(F)(F)C(F)(C(F)(F)F)C(F)(F)F. The van der Waals surface area contributed by atoms with Crippen molar-refractivity contribution in [2.24, 2.45) is 0 Å². The topological polar surface area (TPSA) is 0 Å². The van der Waals surface area contributed by atoms with Gasteiger partial charge in [-0.05, 0) is 0 Å². The molecular formula is C11HF26P. The first kappa shape index (κ1) is 36.6. The fourth-order valence-corrected chi connectivity index (χ4v) is 3.77. The van der Waals surface area contributed by atoms with Crippen molar-refractivity contribution in [2.45, 2.75) is 65.1 Å². The van der Waals surface area contributed by atoms with E-state index in [1.165, 1.54) is 0 Å². The van der Waals surface area contributed by atoms with Gasteiger partial charge in [0.25, 0.3) is 0 Å². The summed E-state index contributed by atoms with van der Waals surface area (Å²) in [4.78, 5) is 0. The minimum atomic E-state index is -11.8. The molecule has 0 aliphatic rings. The summed E-state index contributed by atoms with van der Waals surface area (Å²) in [6.45, 7) is 0. The first-order chi connectivity index (χ1) is 15.8. The monoisotopic (exact) mass is 658 g/mol. The molecule has 38 heavy (non-hydrogen) atoms. The summed E-state index contributed by atoms with van der Waals surface area (Å²) in [5, 5.41) is 0. The average Bonchev–Trinajstić information content (AvgIpc) is 2.61. The van der Waals surface area contributed by atoms with Crippen LogP contribution in [0.2, 0.25) is 0 Å². The van der Waals surface area contributed by atoms with Gasteiger partial charge >= 0.3 is 187 Å². The van der Waals surface area contributed by atoms with E-state index in [9.17, 15) is 114 Å². The molecule has 232 valence electrons. The standard InChI is InChI=1S/C11HF26P/c12-1(6(20,21)22,7(23,24)25)3(14,15)5(18,19)11(34,35)38(36,37)10(32,33)4(16,17)2(13,8(26,27)28)9(29,30)31/h38H. The zero-order chi connectivity index (χ0) is 32.0. The molecule has 0 aromatic rings. The van der Waals surface area contributed by atoms with Crippen molar-refractivity contribution in [3.8, 4) is 0 Å². The second-order valence-corrected chi connectivity index (χ2v) is 9.16. The van der Waals surface area contributed by atoms with Crippen LogP contribution in [0.4, 0.5) is 114 Å². The average molecular weight is 658 g/mol. The predicted molar refractivity (Wildman–Crippen MR) is 67.2 cm³/mol. The molecule has 0 N–H and O–H groups in total. The Balaban J connectivity index is 7.60. The Morgan fingerprint density at radius 1 is 0.263 bits per heavy atom. The Kier molecular flexibility index (Phi) is 8.24. The van der Waals surface area contributed by atoms with E-state index in [4.69, 9.17) is 0 Å². The van der Waals surface area contributed by atoms with Crippen molar-refractivity contribution in [1.29, 1.82) is 0 Å². The van der Waals surface area contributed by atoms with Gasteiger partial charge in [0.15, 0.2) is 0 Å². The van der Waals surface area contributed by atoms with Gasteiger partial charge in [0.2, 0.25) is 0 Å². The number of halogens is 26. The third-order valence-corrected chi connectivity index (χ3v) is 6.60. The molecule has 0 aliphatic heterocycles. The Labute approximate surface area is 188 Å². The van der Waals surface area contributed by atoms with Crippen LogP contribution in [0.1, 0.15) is 0 Å². The molecule has 0 unspecified atom stereocenters. The van der Waals surface area contributed by atoms with Crippen LogP contribution in [0.5, 0.6) is 0 Å². The van der Waals surface area contributed by atoms with Crippen molar-refractivity contribution in [3.63, 3.8) is 0 Å². The molecule has 0 rings (SSSR count). The molecule has 0 fully saturated rings. The van der Waals surface area contributed by atoms with E-state index in [0.29, 0.717) is 0 Å². The van der Waals surface area contributed by atoms with E-state index in [0.717, 1.165) is 0 Å². The van der Waals surface area contributed by atoms with Crippen LogP contribution in [-0.4, -0.2) is 65.1 Å². The van der Waals surface area contributed by atoms with Crippen LogP contribution in [0, 0.1) is 0 Å². The zero-order valence-electron chi connectivity index (χ0n) is 15.8. The molecular weight excluding hydrogens is 657 g/mol. The summed E-state index contributed by atoms with van der Waals surface area (Å²) in [5.41, 5.74) is -37.5.